The number of nitrogens with zero attached hydrogens (tertiary/aromatic N) is 4. The number of pyridine rings is 1. The van der Waals surface area contributed by atoms with Crippen molar-refractivity contribution in [1.82, 2.24) is 19.2 Å². The van der Waals surface area contributed by atoms with E-state index >= 15 is 0 Å². The second-order valence-electron chi connectivity index (χ2n) is 6.96. The molecule has 1 saturated heterocycles. The van der Waals surface area contributed by atoms with Crippen LogP contribution >= 0.6 is 0 Å². The molecule has 3 aromatic rings. The van der Waals surface area contributed by atoms with Gasteiger partial charge in [0.15, 0.2) is 0 Å². The van der Waals surface area contributed by atoms with Crippen molar-refractivity contribution >= 4 is 21.8 Å². The van der Waals surface area contributed by atoms with Gasteiger partial charge in [0.05, 0.1) is 18.3 Å². The topological polar surface area (TPSA) is 63.3 Å². The number of hydrogen-bond donors (Lipinski definition) is 1. The Bertz CT molecular complexity index is 980. The molecule has 24 heavy (non-hydrogen) atoms. The number of likely N-dealkylation sites (tertiary alicyclic amines) is 1. The molecule has 6 heteroatoms. The zero-order valence-electron chi connectivity index (χ0n) is 14.2. The summed E-state index contributed by atoms with van der Waals surface area (Å²) in [6.07, 6.45) is 1.54. The molecule has 4 rings (SSSR count). The number of benzene rings is 1. The summed E-state index contributed by atoms with van der Waals surface area (Å²) in [5, 5.41) is 16.8. The fraction of sp³-hybridized carbons (Fsp3) is 0.444. The SMILES string of the molecule is Cc1ccc2c(c1)c(=O)n(C)c1c2cnn1C1CN(C[C@H](C)O)C1. The third-order valence-corrected chi connectivity index (χ3v) is 4.89. The molecule has 1 N–H and O–H groups in total. The highest BCUT2D eigenvalue weighted by Crippen LogP contribution is 2.28. The number of aromatic nitrogens is 3. The summed E-state index contributed by atoms with van der Waals surface area (Å²) < 4.78 is 3.68. The first-order valence-electron chi connectivity index (χ1n) is 8.32. The van der Waals surface area contributed by atoms with E-state index in [0.717, 1.165) is 40.5 Å². The zero-order valence-corrected chi connectivity index (χ0v) is 14.2. The number of aliphatic hydroxyl groups excluding tert-OH is 1. The van der Waals surface area contributed by atoms with Gasteiger partial charge in [0.25, 0.3) is 5.56 Å². The summed E-state index contributed by atoms with van der Waals surface area (Å²) in [4.78, 5) is 15.0. The van der Waals surface area contributed by atoms with Crippen molar-refractivity contribution < 1.29 is 5.11 Å². The van der Waals surface area contributed by atoms with Crippen LogP contribution in [-0.4, -0.2) is 50.1 Å². The van der Waals surface area contributed by atoms with Crippen LogP contribution in [0.2, 0.25) is 0 Å². The molecular weight excluding hydrogens is 304 g/mol. The fourth-order valence-corrected chi connectivity index (χ4v) is 3.71. The number of β-amino-alcohol motifs (C(OH)–C–C–N with tert-alkyl or cyclic N) is 1. The standard InChI is InChI=1S/C18H22N4O2/c1-11-4-5-14-15(6-11)18(24)20(3)17-16(14)7-19-22(17)13-9-21(10-13)8-12(2)23/h4-7,12-13,23H,8-10H2,1-3H3/t12-/m0/s1. The molecule has 0 bridgehead atoms. The number of hydrogen-bond acceptors (Lipinski definition) is 4. The van der Waals surface area contributed by atoms with Gasteiger partial charge in [0, 0.05) is 37.5 Å². The summed E-state index contributed by atoms with van der Waals surface area (Å²) in [6.45, 7) is 6.17. The van der Waals surface area contributed by atoms with Crippen LogP contribution in [0, 0.1) is 6.92 Å². The Labute approximate surface area is 139 Å². The van der Waals surface area contributed by atoms with Crippen LogP contribution in [0.1, 0.15) is 18.5 Å². The van der Waals surface area contributed by atoms with Crippen molar-refractivity contribution in [3.05, 3.63) is 40.3 Å². The lowest BCUT2D eigenvalue weighted by molar-refractivity contribution is 0.0489. The maximum absolute atomic E-state index is 12.8. The van der Waals surface area contributed by atoms with Crippen molar-refractivity contribution in [3.8, 4) is 0 Å². The summed E-state index contributed by atoms with van der Waals surface area (Å²) in [5.74, 6) is 0. The molecule has 0 radical (unpaired) electrons. The minimum absolute atomic E-state index is 0.0168. The second-order valence-corrected chi connectivity index (χ2v) is 6.96. The first-order valence-corrected chi connectivity index (χ1v) is 8.32. The van der Waals surface area contributed by atoms with Crippen LogP contribution in [0.4, 0.5) is 0 Å². The molecule has 0 spiro atoms. The predicted octanol–water partition coefficient (Wildman–Crippen LogP) is 1.43. The van der Waals surface area contributed by atoms with Crippen molar-refractivity contribution in [2.24, 2.45) is 7.05 Å². The van der Waals surface area contributed by atoms with Crippen LogP contribution in [-0.2, 0) is 7.05 Å². The molecule has 1 aliphatic rings. The van der Waals surface area contributed by atoms with Gasteiger partial charge in [-0.05, 0) is 25.3 Å². The minimum atomic E-state index is -0.322. The molecule has 1 aromatic carbocycles. The van der Waals surface area contributed by atoms with Gasteiger partial charge < -0.3 is 5.11 Å². The normalized spacial score (nSPS) is 17.5. The van der Waals surface area contributed by atoms with Crippen molar-refractivity contribution in [2.45, 2.75) is 26.0 Å². The lowest BCUT2D eigenvalue weighted by atomic mass is 10.1. The van der Waals surface area contributed by atoms with Gasteiger partial charge >= 0.3 is 0 Å². The van der Waals surface area contributed by atoms with Crippen molar-refractivity contribution in [1.29, 1.82) is 0 Å². The van der Waals surface area contributed by atoms with Crippen LogP contribution in [0.5, 0.6) is 0 Å². The average molecular weight is 326 g/mol. The van der Waals surface area contributed by atoms with E-state index in [9.17, 15) is 9.90 Å². The summed E-state index contributed by atoms with van der Waals surface area (Å²) in [6, 6.07) is 6.24. The zero-order chi connectivity index (χ0) is 17.0. The molecule has 1 atom stereocenters. The monoisotopic (exact) mass is 326 g/mol. The van der Waals surface area contributed by atoms with E-state index in [1.807, 2.05) is 43.0 Å². The van der Waals surface area contributed by atoms with Gasteiger partial charge in [-0.2, -0.15) is 5.10 Å². The summed E-state index contributed by atoms with van der Waals surface area (Å²) >= 11 is 0. The Morgan fingerprint density at radius 3 is 2.75 bits per heavy atom. The predicted molar refractivity (Wildman–Crippen MR) is 94.4 cm³/mol. The molecule has 0 amide bonds. The fourth-order valence-electron chi connectivity index (χ4n) is 3.71. The summed E-state index contributed by atoms with van der Waals surface area (Å²) in [5.41, 5.74) is 1.97. The molecule has 3 heterocycles. The van der Waals surface area contributed by atoms with Gasteiger partial charge in [-0.25, -0.2) is 4.68 Å². The molecule has 0 unspecified atom stereocenters. The van der Waals surface area contributed by atoms with E-state index in [-0.39, 0.29) is 17.7 Å². The van der Waals surface area contributed by atoms with Gasteiger partial charge in [0.1, 0.15) is 5.65 Å². The van der Waals surface area contributed by atoms with Gasteiger partial charge in [0.2, 0.25) is 0 Å². The van der Waals surface area contributed by atoms with Crippen LogP contribution in [0.25, 0.3) is 21.8 Å². The molecule has 0 aliphatic carbocycles. The van der Waals surface area contributed by atoms with E-state index in [4.69, 9.17) is 0 Å². The van der Waals surface area contributed by atoms with Crippen LogP contribution in [0.3, 0.4) is 0 Å². The lowest BCUT2D eigenvalue weighted by Crippen LogP contribution is -2.50. The lowest BCUT2D eigenvalue weighted by Gasteiger charge is -2.40. The summed E-state index contributed by atoms with van der Waals surface area (Å²) in [7, 11) is 1.82. The Hall–Kier alpha value is -2.18. The van der Waals surface area contributed by atoms with E-state index in [1.54, 1.807) is 11.5 Å². The maximum Gasteiger partial charge on any atom is 0.259 e. The minimum Gasteiger partial charge on any atom is -0.392 e. The molecule has 0 saturated carbocycles. The highest BCUT2D eigenvalue weighted by molar-refractivity contribution is 6.04. The third kappa shape index (κ3) is 2.25. The first-order chi connectivity index (χ1) is 11.5. The number of aliphatic hydroxyl groups is 1. The average Bonchev–Trinajstić information content (AvgIpc) is 2.92. The quantitative estimate of drug-likeness (QED) is 0.791. The van der Waals surface area contributed by atoms with Crippen molar-refractivity contribution in [2.75, 3.05) is 19.6 Å². The Kier molecular flexibility index (Phi) is 3.47. The molecular formula is C18H22N4O2. The molecule has 1 fully saturated rings. The largest absolute Gasteiger partial charge is 0.392 e. The highest BCUT2D eigenvalue weighted by Gasteiger charge is 2.31. The Balaban J connectivity index is 1.81. The number of fused-ring (bicyclic) bond motifs is 3. The van der Waals surface area contributed by atoms with Gasteiger partial charge in [-0.1, -0.05) is 17.7 Å². The molecule has 1 aliphatic heterocycles. The van der Waals surface area contributed by atoms with E-state index in [2.05, 4.69) is 10.00 Å². The van der Waals surface area contributed by atoms with Gasteiger partial charge in [-0.15, -0.1) is 0 Å². The first kappa shape index (κ1) is 15.4. The van der Waals surface area contributed by atoms with Gasteiger partial charge in [-0.3, -0.25) is 14.3 Å². The number of rotatable bonds is 3. The Morgan fingerprint density at radius 1 is 1.29 bits per heavy atom. The smallest absolute Gasteiger partial charge is 0.259 e. The van der Waals surface area contributed by atoms with E-state index < -0.39 is 0 Å². The maximum atomic E-state index is 12.8. The number of aryl methyl sites for hydroxylation is 2. The molecule has 2 aromatic heterocycles. The van der Waals surface area contributed by atoms with E-state index in [1.165, 1.54) is 0 Å². The third-order valence-electron chi connectivity index (χ3n) is 4.89. The van der Waals surface area contributed by atoms with Crippen molar-refractivity contribution in [3.63, 3.8) is 0 Å². The molecule has 6 nitrogen and oxygen atoms in total. The highest BCUT2D eigenvalue weighted by atomic mass is 16.3. The second kappa shape index (κ2) is 5.43. The van der Waals surface area contributed by atoms with Crippen LogP contribution in [0.15, 0.2) is 29.2 Å². The molecule has 126 valence electrons. The van der Waals surface area contributed by atoms with E-state index in [0.29, 0.717) is 6.54 Å². The van der Waals surface area contributed by atoms with Crippen LogP contribution < -0.4 is 5.56 Å². The Morgan fingerprint density at radius 2 is 2.04 bits per heavy atom.